The highest BCUT2D eigenvalue weighted by Gasteiger charge is 2.22. The lowest BCUT2D eigenvalue weighted by Crippen LogP contribution is -2.37. The molecule has 2 heterocycles. The summed E-state index contributed by atoms with van der Waals surface area (Å²) in [7, 11) is 0. The fourth-order valence-electron chi connectivity index (χ4n) is 3.74. The van der Waals surface area contributed by atoms with Crippen molar-refractivity contribution < 1.29 is 9.53 Å². The zero-order chi connectivity index (χ0) is 18.7. The minimum absolute atomic E-state index is 0.129. The summed E-state index contributed by atoms with van der Waals surface area (Å²) >= 11 is 2.19. The van der Waals surface area contributed by atoms with Gasteiger partial charge < -0.3 is 14.2 Å². The second-order valence-electron chi connectivity index (χ2n) is 6.81. The van der Waals surface area contributed by atoms with Gasteiger partial charge in [0, 0.05) is 28.2 Å². The third kappa shape index (κ3) is 4.11. The number of ether oxygens (including phenoxy) is 1. The van der Waals surface area contributed by atoms with Crippen LogP contribution in [0.1, 0.15) is 37.0 Å². The van der Waals surface area contributed by atoms with Gasteiger partial charge in [-0.15, -0.1) is 0 Å². The van der Waals surface area contributed by atoms with Gasteiger partial charge in [-0.2, -0.15) is 0 Å². The highest BCUT2D eigenvalue weighted by molar-refractivity contribution is 14.1. The van der Waals surface area contributed by atoms with Gasteiger partial charge in [-0.05, 0) is 79.6 Å². The van der Waals surface area contributed by atoms with Crippen molar-refractivity contribution in [3.63, 3.8) is 0 Å². The number of likely N-dealkylation sites (tertiary alicyclic amines) is 1. The summed E-state index contributed by atoms with van der Waals surface area (Å²) in [5.74, 6) is -0.0189. The molecule has 1 saturated heterocycles. The zero-order valence-corrected chi connectivity index (χ0v) is 17.5. The van der Waals surface area contributed by atoms with Crippen molar-refractivity contribution in [3.8, 4) is 0 Å². The summed E-state index contributed by atoms with van der Waals surface area (Å²) in [5.41, 5.74) is 0.772. The molecule has 6 heteroatoms. The van der Waals surface area contributed by atoms with E-state index in [1.807, 2.05) is 18.2 Å². The number of carbonyl (C=O) groups excluding carboxylic acids is 1. The molecule has 0 spiro atoms. The third-order valence-electron chi connectivity index (χ3n) is 5.04. The molecule has 26 heavy (non-hydrogen) atoms. The van der Waals surface area contributed by atoms with E-state index in [2.05, 4.69) is 39.0 Å². The molecule has 0 radical (unpaired) electrons. The van der Waals surface area contributed by atoms with Crippen LogP contribution in [0, 0.1) is 9.49 Å². The number of nitrogens with zero attached hydrogens (tertiary/aromatic N) is 2. The molecule has 5 nitrogen and oxygen atoms in total. The van der Waals surface area contributed by atoms with Gasteiger partial charge in [0.2, 0.25) is 5.43 Å². The van der Waals surface area contributed by atoms with E-state index in [-0.39, 0.29) is 17.6 Å². The van der Waals surface area contributed by atoms with Crippen molar-refractivity contribution in [1.29, 1.82) is 0 Å². The molecule has 1 aromatic carbocycles. The summed E-state index contributed by atoms with van der Waals surface area (Å²) in [6, 6.07) is 5.84. The van der Waals surface area contributed by atoms with Gasteiger partial charge in [0.1, 0.15) is 5.56 Å². The number of aromatic nitrogens is 1. The molecular weight excluding hydrogens is 443 g/mol. The molecule has 1 aromatic heterocycles. The summed E-state index contributed by atoms with van der Waals surface area (Å²) in [4.78, 5) is 27.6. The molecule has 0 amide bonds. The van der Waals surface area contributed by atoms with Gasteiger partial charge in [0.25, 0.3) is 0 Å². The van der Waals surface area contributed by atoms with E-state index in [1.165, 1.54) is 12.8 Å². The van der Waals surface area contributed by atoms with Crippen LogP contribution in [0.5, 0.6) is 0 Å². The molecule has 2 aromatic rings. The lowest BCUT2D eigenvalue weighted by Gasteiger charge is -2.32. The van der Waals surface area contributed by atoms with Crippen LogP contribution in [0.15, 0.2) is 29.2 Å². The maximum atomic E-state index is 12.8. The summed E-state index contributed by atoms with van der Waals surface area (Å²) in [6.45, 7) is 8.29. The van der Waals surface area contributed by atoms with Crippen LogP contribution < -0.4 is 5.43 Å². The van der Waals surface area contributed by atoms with Gasteiger partial charge in [0.05, 0.1) is 12.1 Å². The average molecular weight is 468 g/mol. The van der Waals surface area contributed by atoms with Crippen molar-refractivity contribution in [1.82, 2.24) is 9.47 Å². The van der Waals surface area contributed by atoms with Gasteiger partial charge in [-0.1, -0.05) is 6.92 Å². The smallest absolute Gasteiger partial charge is 0.343 e. The van der Waals surface area contributed by atoms with E-state index >= 15 is 0 Å². The van der Waals surface area contributed by atoms with Crippen molar-refractivity contribution in [2.24, 2.45) is 5.92 Å². The number of esters is 1. The van der Waals surface area contributed by atoms with Gasteiger partial charge >= 0.3 is 5.97 Å². The van der Waals surface area contributed by atoms with Crippen LogP contribution >= 0.6 is 22.6 Å². The minimum Gasteiger partial charge on any atom is -0.462 e. The van der Waals surface area contributed by atoms with E-state index in [0.717, 1.165) is 35.3 Å². The second kappa shape index (κ2) is 8.52. The van der Waals surface area contributed by atoms with Crippen LogP contribution in [0.2, 0.25) is 0 Å². The lowest BCUT2D eigenvalue weighted by atomic mass is 9.97. The van der Waals surface area contributed by atoms with E-state index in [9.17, 15) is 9.59 Å². The first-order valence-electron chi connectivity index (χ1n) is 9.25. The quantitative estimate of drug-likeness (QED) is 0.498. The van der Waals surface area contributed by atoms with Gasteiger partial charge in [-0.3, -0.25) is 4.79 Å². The van der Waals surface area contributed by atoms with Gasteiger partial charge in [-0.25, -0.2) is 4.79 Å². The number of carbonyl (C=O) groups is 1. The number of pyridine rings is 1. The Balaban J connectivity index is 2.04. The molecule has 3 rings (SSSR count). The molecule has 0 aliphatic carbocycles. The zero-order valence-electron chi connectivity index (χ0n) is 15.3. The Kier molecular flexibility index (Phi) is 6.34. The molecule has 0 bridgehead atoms. The maximum Gasteiger partial charge on any atom is 0.343 e. The second-order valence-corrected chi connectivity index (χ2v) is 8.05. The number of piperidine rings is 1. The predicted octanol–water partition coefficient (Wildman–Crippen LogP) is 3.51. The van der Waals surface area contributed by atoms with Crippen LogP contribution in [-0.2, 0) is 11.3 Å². The number of fused-ring (bicyclic) bond motifs is 1. The Hall–Kier alpha value is -1.41. The number of hydrogen-bond acceptors (Lipinski definition) is 4. The first-order chi connectivity index (χ1) is 12.5. The normalized spacial score (nSPS) is 18.2. The van der Waals surface area contributed by atoms with Crippen LogP contribution in [0.3, 0.4) is 0 Å². The number of hydrogen-bond donors (Lipinski definition) is 0. The Morgan fingerprint density at radius 1 is 1.35 bits per heavy atom. The SMILES string of the molecule is CCOC(=O)c1cn(C[C@@H]2CCCN(CC)C2)c2ccc(I)cc2c1=O. The largest absolute Gasteiger partial charge is 0.462 e. The third-order valence-corrected chi connectivity index (χ3v) is 5.71. The topological polar surface area (TPSA) is 51.5 Å². The van der Waals surface area contributed by atoms with E-state index in [4.69, 9.17) is 4.74 Å². The lowest BCUT2D eigenvalue weighted by molar-refractivity contribution is 0.0524. The summed E-state index contributed by atoms with van der Waals surface area (Å²) < 4.78 is 8.16. The predicted molar refractivity (Wildman–Crippen MR) is 112 cm³/mol. The standard InChI is InChI=1S/C20H25IN2O3/c1-3-22-9-5-6-14(11-22)12-23-13-17(20(25)26-4-2)19(24)16-10-15(21)7-8-18(16)23/h7-8,10,13-14H,3-6,9,11-12H2,1-2H3/t14-/m1/s1. The highest BCUT2D eigenvalue weighted by atomic mass is 127. The Morgan fingerprint density at radius 3 is 2.88 bits per heavy atom. The molecule has 0 N–H and O–H groups in total. The van der Waals surface area contributed by atoms with Crippen molar-refractivity contribution in [3.05, 3.63) is 43.8 Å². The van der Waals surface area contributed by atoms with Crippen molar-refractivity contribution >= 4 is 39.5 Å². The molecule has 140 valence electrons. The first kappa shape index (κ1) is 19.4. The Morgan fingerprint density at radius 2 is 2.15 bits per heavy atom. The number of benzene rings is 1. The molecular formula is C20H25IN2O3. The monoisotopic (exact) mass is 468 g/mol. The van der Waals surface area contributed by atoms with E-state index in [0.29, 0.717) is 11.3 Å². The van der Waals surface area contributed by atoms with E-state index in [1.54, 1.807) is 13.1 Å². The minimum atomic E-state index is -0.536. The first-order valence-corrected chi connectivity index (χ1v) is 10.3. The summed E-state index contributed by atoms with van der Waals surface area (Å²) in [5, 5.41) is 0.589. The van der Waals surface area contributed by atoms with Gasteiger partial charge in [0.15, 0.2) is 0 Å². The number of halogens is 1. The number of rotatable bonds is 5. The maximum absolute atomic E-state index is 12.8. The summed E-state index contributed by atoms with van der Waals surface area (Å²) in [6.07, 6.45) is 4.06. The van der Waals surface area contributed by atoms with Crippen molar-refractivity contribution in [2.75, 3.05) is 26.2 Å². The Labute approximate surface area is 167 Å². The average Bonchev–Trinajstić information content (AvgIpc) is 2.64. The highest BCUT2D eigenvalue weighted by Crippen LogP contribution is 2.22. The Bertz CT molecular complexity index is 862. The molecule has 1 aliphatic heterocycles. The van der Waals surface area contributed by atoms with Crippen LogP contribution in [0.25, 0.3) is 10.9 Å². The molecule has 0 unspecified atom stereocenters. The molecule has 1 aliphatic rings. The molecule has 1 fully saturated rings. The van der Waals surface area contributed by atoms with Crippen molar-refractivity contribution in [2.45, 2.75) is 33.2 Å². The van der Waals surface area contributed by atoms with Crippen LogP contribution in [0.4, 0.5) is 0 Å². The molecule has 1 atom stereocenters. The molecule has 0 saturated carbocycles. The fraction of sp³-hybridized carbons (Fsp3) is 0.500. The van der Waals surface area contributed by atoms with E-state index < -0.39 is 5.97 Å². The van der Waals surface area contributed by atoms with Crippen LogP contribution in [-0.4, -0.2) is 41.7 Å². The fourth-order valence-corrected chi connectivity index (χ4v) is 4.23.